The molecule has 0 radical (unpaired) electrons. The van der Waals surface area contributed by atoms with Gasteiger partial charge in [-0.25, -0.2) is 9.07 Å². The molecular formula is C17H13Cl2FN4O. The van der Waals surface area contributed by atoms with Crippen molar-refractivity contribution in [3.63, 3.8) is 0 Å². The van der Waals surface area contributed by atoms with Crippen LogP contribution >= 0.6 is 23.2 Å². The predicted molar refractivity (Wildman–Crippen MR) is 98.8 cm³/mol. The molecule has 0 aliphatic carbocycles. The average Bonchev–Trinajstić information content (AvgIpc) is 2.87. The van der Waals surface area contributed by atoms with Crippen LogP contribution in [0, 0.1) is 12.7 Å². The molecule has 0 atom stereocenters. The summed E-state index contributed by atoms with van der Waals surface area (Å²) in [7, 11) is 0. The Balaban J connectivity index is 1.87. The largest absolute Gasteiger partial charge is 0.295 e. The van der Waals surface area contributed by atoms with Gasteiger partial charge < -0.3 is 0 Å². The van der Waals surface area contributed by atoms with Gasteiger partial charge in [0.25, 0.3) is 5.56 Å². The normalized spacial score (nSPS) is 11.2. The van der Waals surface area contributed by atoms with Crippen LogP contribution in [0.3, 0.4) is 0 Å². The van der Waals surface area contributed by atoms with Crippen molar-refractivity contribution in [1.82, 2.24) is 9.78 Å². The number of halogens is 3. The van der Waals surface area contributed by atoms with Gasteiger partial charge in [0.1, 0.15) is 5.82 Å². The molecule has 1 aromatic heterocycles. The number of hydrogen-bond donors (Lipinski definition) is 2. The van der Waals surface area contributed by atoms with Crippen molar-refractivity contribution in [3.8, 4) is 5.69 Å². The molecule has 0 aliphatic rings. The summed E-state index contributed by atoms with van der Waals surface area (Å²) in [4.78, 5) is 12.5. The van der Waals surface area contributed by atoms with Gasteiger partial charge in [0.15, 0.2) is 0 Å². The number of nitrogens with zero attached hydrogens (tertiary/aromatic N) is 2. The summed E-state index contributed by atoms with van der Waals surface area (Å²) in [5.74, 6) is -0.371. The van der Waals surface area contributed by atoms with Gasteiger partial charge in [0.05, 0.1) is 28.2 Å². The van der Waals surface area contributed by atoms with Crippen molar-refractivity contribution in [2.24, 2.45) is 5.10 Å². The number of anilines is 1. The van der Waals surface area contributed by atoms with Crippen molar-refractivity contribution in [2.75, 3.05) is 5.43 Å². The lowest BCUT2D eigenvalue weighted by molar-refractivity contribution is 0.627. The molecule has 128 valence electrons. The van der Waals surface area contributed by atoms with Crippen molar-refractivity contribution in [1.29, 1.82) is 0 Å². The van der Waals surface area contributed by atoms with Crippen LogP contribution in [-0.4, -0.2) is 16.0 Å². The SMILES string of the molecule is Cc1[nH]n(-c2ccc(F)cc2)c(=O)c1C=NNc1cc(Cl)ccc1Cl. The van der Waals surface area contributed by atoms with Crippen molar-refractivity contribution < 1.29 is 4.39 Å². The fourth-order valence-corrected chi connectivity index (χ4v) is 2.57. The molecule has 0 unspecified atom stereocenters. The van der Waals surface area contributed by atoms with Gasteiger partial charge >= 0.3 is 0 Å². The third-order valence-electron chi connectivity index (χ3n) is 3.51. The quantitative estimate of drug-likeness (QED) is 0.523. The zero-order chi connectivity index (χ0) is 18.0. The van der Waals surface area contributed by atoms with Crippen LogP contribution in [0.5, 0.6) is 0 Å². The highest BCUT2D eigenvalue weighted by Crippen LogP contribution is 2.25. The molecule has 1 heterocycles. The summed E-state index contributed by atoms with van der Waals surface area (Å²) < 4.78 is 14.4. The molecule has 0 bridgehead atoms. The second-order valence-corrected chi connectivity index (χ2v) is 6.11. The Bertz CT molecular complexity index is 993. The fraction of sp³-hybridized carbons (Fsp3) is 0.0588. The highest BCUT2D eigenvalue weighted by Gasteiger charge is 2.10. The highest BCUT2D eigenvalue weighted by molar-refractivity contribution is 6.35. The van der Waals surface area contributed by atoms with E-state index < -0.39 is 0 Å². The van der Waals surface area contributed by atoms with E-state index >= 15 is 0 Å². The molecule has 0 amide bonds. The Kier molecular flexibility index (Phi) is 4.92. The third kappa shape index (κ3) is 3.75. The van der Waals surface area contributed by atoms with Crippen molar-refractivity contribution in [2.45, 2.75) is 6.92 Å². The summed E-state index contributed by atoms with van der Waals surface area (Å²) in [6.07, 6.45) is 1.39. The summed E-state index contributed by atoms with van der Waals surface area (Å²) >= 11 is 11.9. The van der Waals surface area contributed by atoms with Gasteiger partial charge in [0, 0.05) is 10.7 Å². The van der Waals surface area contributed by atoms with Crippen molar-refractivity contribution in [3.05, 3.63) is 79.9 Å². The standard InChI is InChI=1S/C17H13Cl2FN4O/c1-10-14(9-21-22-16-8-11(18)2-7-15(16)19)17(25)24(23-10)13-5-3-12(20)4-6-13/h2-9,22-23H,1H3. The van der Waals surface area contributed by atoms with E-state index in [1.165, 1.54) is 35.2 Å². The first-order chi connectivity index (χ1) is 12.0. The topological polar surface area (TPSA) is 62.2 Å². The molecule has 3 rings (SSSR count). The smallest absolute Gasteiger partial charge is 0.280 e. The van der Waals surface area contributed by atoms with Crippen LogP contribution in [0.2, 0.25) is 10.0 Å². The maximum atomic E-state index is 13.0. The number of nitrogens with one attached hydrogen (secondary N) is 2. The fourth-order valence-electron chi connectivity index (χ4n) is 2.23. The number of aromatic amines is 1. The number of hydrogen-bond acceptors (Lipinski definition) is 3. The van der Waals surface area contributed by atoms with E-state index in [9.17, 15) is 9.18 Å². The molecule has 0 saturated carbocycles. The van der Waals surface area contributed by atoms with Gasteiger partial charge in [0.2, 0.25) is 0 Å². The summed E-state index contributed by atoms with van der Waals surface area (Å²) in [6.45, 7) is 1.75. The zero-order valence-corrected chi connectivity index (χ0v) is 14.6. The van der Waals surface area contributed by atoms with Gasteiger partial charge in [-0.2, -0.15) is 5.10 Å². The molecule has 5 nitrogen and oxygen atoms in total. The average molecular weight is 379 g/mol. The monoisotopic (exact) mass is 378 g/mol. The van der Waals surface area contributed by atoms with Crippen LogP contribution in [0.1, 0.15) is 11.3 Å². The lowest BCUT2D eigenvalue weighted by Gasteiger charge is -2.02. The number of aromatic nitrogens is 2. The number of H-pyrrole nitrogens is 1. The first kappa shape index (κ1) is 17.3. The zero-order valence-electron chi connectivity index (χ0n) is 13.1. The Hall–Kier alpha value is -2.57. The number of hydrazone groups is 1. The minimum atomic E-state index is -0.371. The van der Waals surface area contributed by atoms with Crippen LogP contribution in [-0.2, 0) is 0 Å². The minimum Gasteiger partial charge on any atom is -0.295 e. The molecule has 0 spiro atoms. The Morgan fingerprint density at radius 2 is 1.92 bits per heavy atom. The summed E-state index contributed by atoms with van der Waals surface area (Å²) in [5.41, 5.74) is 4.50. The molecule has 2 aromatic carbocycles. The predicted octanol–water partition coefficient (Wildman–Crippen LogP) is 4.37. The Labute approximate surface area is 152 Å². The van der Waals surface area contributed by atoms with Gasteiger partial charge in [-0.15, -0.1) is 0 Å². The van der Waals surface area contributed by atoms with E-state index in [0.717, 1.165) is 0 Å². The lowest BCUT2D eigenvalue weighted by Crippen LogP contribution is -2.17. The summed E-state index contributed by atoms with van der Waals surface area (Å²) in [6, 6.07) is 10.5. The second kappa shape index (κ2) is 7.13. The molecule has 25 heavy (non-hydrogen) atoms. The molecule has 2 N–H and O–H groups in total. The maximum absolute atomic E-state index is 13.0. The minimum absolute atomic E-state index is 0.299. The van der Waals surface area contributed by atoms with Gasteiger partial charge in [-0.3, -0.25) is 15.3 Å². The van der Waals surface area contributed by atoms with E-state index in [0.29, 0.717) is 32.7 Å². The first-order valence-corrected chi connectivity index (χ1v) is 8.03. The first-order valence-electron chi connectivity index (χ1n) is 7.27. The number of rotatable bonds is 4. The molecule has 8 heteroatoms. The molecular weight excluding hydrogens is 366 g/mol. The van der Waals surface area contributed by atoms with Crippen molar-refractivity contribution >= 4 is 35.1 Å². The molecule has 0 fully saturated rings. The van der Waals surface area contributed by atoms with E-state index in [2.05, 4.69) is 15.6 Å². The van der Waals surface area contributed by atoms with Crippen LogP contribution in [0.25, 0.3) is 5.69 Å². The van der Waals surface area contributed by atoms with E-state index in [1.807, 2.05) is 0 Å². The van der Waals surface area contributed by atoms with Gasteiger partial charge in [-0.1, -0.05) is 23.2 Å². The second-order valence-electron chi connectivity index (χ2n) is 5.26. The highest BCUT2D eigenvalue weighted by atomic mass is 35.5. The molecule has 3 aromatic rings. The number of aryl methyl sites for hydroxylation is 1. The van der Waals surface area contributed by atoms with Crippen LogP contribution < -0.4 is 11.0 Å². The molecule has 0 aliphatic heterocycles. The number of benzene rings is 2. The van der Waals surface area contributed by atoms with Gasteiger partial charge in [-0.05, 0) is 49.4 Å². The van der Waals surface area contributed by atoms with Crippen LogP contribution in [0.15, 0.2) is 52.4 Å². The molecule has 0 saturated heterocycles. The lowest BCUT2D eigenvalue weighted by atomic mass is 10.3. The Morgan fingerprint density at radius 1 is 1.20 bits per heavy atom. The maximum Gasteiger partial charge on any atom is 0.280 e. The van der Waals surface area contributed by atoms with E-state index in [4.69, 9.17) is 23.2 Å². The Morgan fingerprint density at radius 3 is 2.64 bits per heavy atom. The summed E-state index contributed by atoms with van der Waals surface area (Å²) in [5, 5.41) is 7.95. The van der Waals surface area contributed by atoms with E-state index in [-0.39, 0.29) is 11.4 Å². The van der Waals surface area contributed by atoms with Crippen LogP contribution in [0.4, 0.5) is 10.1 Å². The van der Waals surface area contributed by atoms with E-state index in [1.54, 1.807) is 25.1 Å². The third-order valence-corrected chi connectivity index (χ3v) is 4.07.